The summed E-state index contributed by atoms with van der Waals surface area (Å²) in [7, 11) is -0.657. The standard InChI is InChI=1S/C20H18FP/c1-15-5-3-7-19(13-15)22(18-11-9-17(21)10-12-18)20-8-4-6-16(2)14-20/h3-14H,1-2H3. The minimum atomic E-state index is -0.657. The van der Waals surface area contributed by atoms with Crippen LogP contribution in [-0.4, -0.2) is 0 Å². The van der Waals surface area contributed by atoms with Crippen LogP contribution in [0.15, 0.2) is 72.8 Å². The quantitative estimate of drug-likeness (QED) is 0.636. The molecule has 0 aliphatic carbocycles. The average Bonchev–Trinajstić information content (AvgIpc) is 2.50. The summed E-state index contributed by atoms with van der Waals surface area (Å²) in [5.74, 6) is -0.188. The summed E-state index contributed by atoms with van der Waals surface area (Å²) < 4.78 is 13.3. The lowest BCUT2D eigenvalue weighted by Gasteiger charge is -2.20. The van der Waals surface area contributed by atoms with Crippen molar-refractivity contribution in [2.45, 2.75) is 13.8 Å². The van der Waals surface area contributed by atoms with Crippen molar-refractivity contribution in [1.29, 1.82) is 0 Å². The molecule has 0 unspecified atom stereocenters. The molecule has 0 saturated carbocycles. The first-order chi connectivity index (χ1) is 10.6. The van der Waals surface area contributed by atoms with Crippen LogP contribution in [0.3, 0.4) is 0 Å². The molecule has 0 N–H and O–H groups in total. The van der Waals surface area contributed by atoms with Gasteiger partial charge in [-0.05, 0) is 49.8 Å². The topological polar surface area (TPSA) is 0 Å². The fourth-order valence-corrected chi connectivity index (χ4v) is 5.05. The number of hydrogen-bond acceptors (Lipinski definition) is 0. The van der Waals surface area contributed by atoms with Gasteiger partial charge in [-0.1, -0.05) is 71.8 Å². The Morgan fingerprint density at radius 1 is 0.636 bits per heavy atom. The first-order valence-corrected chi connectivity index (χ1v) is 8.67. The molecular weight excluding hydrogens is 290 g/mol. The molecular formula is C20H18FP. The van der Waals surface area contributed by atoms with Gasteiger partial charge in [-0.25, -0.2) is 4.39 Å². The van der Waals surface area contributed by atoms with Gasteiger partial charge >= 0.3 is 0 Å². The van der Waals surface area contributed by atoms with Crippen LogP contribution in [0.4, 0.5) is 4.39 Å². The van der Waals surface area contributed by atoms with Gasteiger partial charge in [0.2, 0.25) is 0 Å². The smallest absolute Gasteiger partial charge is 0.123 e. The Balaban J connectivity index is 2.15. The van der Waals surface area contributed by atoms with Gasteiger partial charge in [-0.2, -0.15) is 0 Å². The van der Waals surface area contributed by atoms with Crippen molar-refractivity contribution in [2.24, 2.45) is 0 Å². The molecule has 0 saturated heterocycles. The van der Waals surface area contributed by atoms with E-state index in [9.17, 15) is 4.39 Å². The van der Waals surface area contributed by atoms with Crippen LogP contribution in [0.2, 0.25) is 0 Å². The normalized spacial score (nSPS) is 10.9. The Hall–Kier alpha value is -1.98. The molecule has 0 aromatic heterocycles. The van der Waals surface area contributed by atoms with Crippen LogP contribution < -0.4 is 15.9 Å². The molecule has 0 atom stereocenters. The minimum Gasteiger partial charge on any atom is -0.207 e. The fraction of sp³-hybridized carbons (Fsp3) is 0.100. The molecule has 0 fully saturated rings. The van der Waals surface area contributed by atoms with E-state index in [1.54, 1.807) is 12.1 Å². The Bertz CT molecular complexity index is 732. The fourth-order valence-electron chi connectivity index (χ4n) is 2.57. The van der Waals surface area contributed by atoms with Gasteiger partial charge in [0.1, 0.15) is 5.82 Å². The lowest BCUT2D eigenvalue weighted by molar-refractivity contribution is 0.628. The maximum absolute atomic E-state index is 13.3. The number of hydrogen-bond donors (Lipinski definition) is 0. The van der Waals surface area contributed by atoms with Crippen molar-refractivity contribution in [3.63, 3.8) is 0 Å². The van der Waals surface area contributed by atoms with E-state index in [2.05, 4.69) is 62.4 Å². The highest BCUT2D eigenvalue weighted by Gasteiger charge is 2.16. The second kappa shape index (κ2) is 6.42. The summed E-state index contributed by atoms with van der Waals surface area (Å²) in [4.78, 5) is 0. The summed E-state index contributed by atoms with van der Waals surface area (Å²) in [5.41, 5.74) is 2.50. The second-order valence-corrected chi connectivity index (χ2v) is 7.71. The number of aryl methyl sites for hydroxylation is 2. The SMILES string of the molecule is Cc1cccc(P(c2ccc(F)cc2)c2cccc(C)c2)c1. The van der Waals surface area contributed by atoms with Crippen LogP contribution in [0, 0.1) is 19.7 Å². The van der Waals surface area contributed by atoms with Gasteiger partial charge in [0, 0.05) is 0 Å². The molecule has 3 rings (SSSR count). The van der Waals surface area contributed by atoms with Crippen LogP contribution in [0.25, 0.3) is 0 Å². The van der Waals surface area contributed by atoms with E-state index in [0.717, 1.165) is 0 Å². The molecule has 2 heteroatoms. The van der Waals surface area contributed by atoms with Crippen molar-refractivity contribution in [3.05, 3.63) is 89.7 Å². The molecule has 0 radical (unpaired) electrons. The summed E-state index contributed by atoms with van der Waals surface area (Å²) in [6.45, 7) is 4.22. The summed E-state index contributed by atoms with van der Waals surface area (Å²) in [6, 6.07) is 24.1. The molecule has 3 aromatic carbocycles. The maximum Gasteiger partial charge on any atom is 0.123 e. The molecule has 0 bridgehead atoms. The molecule has 110 valence electrons. The van der Waals surface area contributed by atoms with Gasteiger partial charge < -0.3 is 0 Å². The lowest BCUT2D eigenvalue weighted by atomic mass is 10.2. The van der Waals surface area contributed by atoms with Crippen LogP contribution >= 0.6 is 7.92 Å². The maximum atomic E-state index is 13.3. The van der Waals surface area contributed by atoms with Gasteiger partial charge in [0.25, 0.3) is 0 Å². The van der Waals surface area contributed by atoms with E-state index in [1.165, 1.54) is 27.0 Å². The Morgan fingerprint density at radius 2 is 1.14 bits per heavy atom. The zero-order valence-corrected chi connectivity index (χ0v) is 13.6. The van der Waals surface area contributed by atoms with E-state index in [-0.39, 0.29) is 5.82 Å². The largest absolute Gasteiger partial charge is 0.207 e. The third kappa shape index (κ3) is 3.26. The third-order valence-electron chi connectivity index (χ3n) is 3.60. The van der Waals surface area contributed by atoms with Crippen molar-refractivity contribution >= 4 is 23.8 Å². The Kier molecular flexibility index (Phi) is 4.36. The minimum absolute atomic E-state index is 0.188. The van der Waals surface area contributed by atoms with E-state index in [0.29, 0.717) is 0 Å². The molecule has 0 aliphatic rings. The van der Waals surface area contributed by atoms with Gasteiger partial charge in [-0.15, -0.1) is 0 Å². The molecule has 22 heavy (non-hydrogen) atoms. The molecule has 0 nitrogen and oxygen atoms in total. The van der Waals surface area contributed by atoms with Crippen molar-refractivity contribution in [1.82, 2.24) is 0 Å². The second-order valence-electron chi connectivity index (χ2n) is 5.49. The molecule has 0 heterocycles. The number of rotatable bonds is 3. The summed E-state index contributed by atoms with van der Waals surface area (Å²) >= 11 is 0. The third-order valence-corrected chi connectivity index (χ3v) is 6.01. The highest BCUT2D eigenvalue weighted by atomic mass is 31.1. The van der Waals surface area contributed by atoms with E-state index < -0.39 is 7.92 Å². The van der Waals surface area contributed by atoms with Crippen LogP contribution in [-0.2, 0) is 0 Å². The van der Waals surface area contributed by atoms with E-state index in [4.69, 9.17) is 0 Å². The van der Waals surface area contributed by atoms with E-state index in [1.807, 2.05) is 12.1 Å². The van der Waals surface area contributed by atoms with Gasteiger partial charge in [0.15, 0.2) is 0 Å². The predicted molar refractivity (Wildman–Crippen MR) is 94.6 cm³/mol. The summed E-state index contributed by atoms with van der Waals surface area (Å²) in [5, 5.41) is 3.77. The van der Waals surface area contributed by atoms with Crippen molar-refractivity contribution in [2.75, 3.05) is 0 Å². The van der Waals surface area contributed by atoms with Gasteiger partial charge in [0.05, 0.1) is 0 Å². The van der Waals surface area contributed by atoms with Crippen LogP contribution in [0.5, 0.6) is 0 Å². The summed E-state index contributed by atoms with van der Waals surface area (Å²) in [6.07, 6.45) is 0. The van der Waals surface area contributed by atoms with Crippen LogP contribution in [0.1, 0.15) is 11.1 Å². The average molecular weight is 308 g/mol. The monoisotopic (exact) mass is 308 g/mol. The lowest BCUT2D eigenvalue weighted by Crippen LogP contribution is -2.21. The Labute approximate surface area is 132 Å². The van der Waals surface area contributed by atoms with Gasteiger partial charge in [-0.3, -0.25) is 0 Å². The molecule has 0 aliphatic heterocycles. The highest BCUT2D eigenvalue weighted by Crippen LogP contribution is 2.33. The Morgan fingerprint density at radius 3 is 1.59 bits per heavy atom. The molecule has 0 amide bonds. The molecule has 0 spiro atoms. The van der Waals surface area contributed by atoms with Crippen molar-refractivity contribution < 1.29 is 4.39 Å². The predicted octanol–water partition coefficient (Wildman–Crippen LogP) is 4.20. The van der Waals surface area contributed by atoms with E-state index >= 15 is 0 Å². The highest BCUT2D eigenvalue weighted by molar-refractivity contribution is 7.79. The first-order valence-electron chi connectivity index (χ1n) is 7.32. The number of benzene rings is 3. The number of halogens is 1. The van der Waals surface area contributed by atoms with Crippen molar-refractivity contribution in [3.8, 4) is 0 Å². The zero-order valence-electron chi connectivity index (χ0n) is 12.8. The first kappa shape index (κ1) is 14.9. The molecule has 3 aromatic rings. The zero-order chi connectivity index (χ0) is 15.5.